The van der Waals surface area contributed by atoms with Gasteiger partial charge in [-0.15, -0.1) is 0 Å². The Bertz CT molecular complexity index is 893. The highest BCUT2D eigenvalue weighted by atomic mass is 35.5. The van der Waals surface area contributed by atoms with Crippen molar-refractivity contribution in [2.45, 2.75) is 6.92 Å². The lowest BCUT2D eigenvalue weighted by Crippen LogP contribution is -1.94. The Labute approximate surface area is 144 Å². The Morgan fingerprint density at radius 1 is 1.00 bits per heavy atom. The maximum Gasteiger partial charge on any atom is 0.161 e. The summed E-state index contributed by atoms with van der Waals surface area (Å²) in [4.78, 5) is 0. The first-order chi connectivity index (χ1) is 11.5. The summed E-state index contributed by atoms with van der Waals surface area (Å²) in [6.07, 6.45) is 0. The second-order valence-electron chi connectivity index (χ2n) is 5.32. The number of halogens is 2. The van der Waals surface area contributed by atoms with Gasteiger partial charge in [0.05, 0.1) is 24.9 Å². The van der Waals surface area contributed by atoms with Crippen LogP contribution < -0.4 is 9.47 Å². The average Bonchev–Trinajstić information content (AvgIpc) is 3.02. The number of rotatable bonds is 4. The minimum Gasteiger partial charge on any atom is -0.493 e. The van der Waals surface area contributed by atoms with Crippen molar-refractivity contribution in [3.05, 3.63) is 52.9 Å². The molecule has 0 saturated heterocycles. The van der Waals surface area contributed by atoms with Crippen LogP contribution in [0.15, 0.2) is 36.4 Å². The van der Waals surface area contributed by atoms with Crippen LogP contribution in [0.4, 0.5) is 4.39 Å². The highest BCUT2D eigenvalue weighted by Crippen LogP contribution is 2.41. The summed E-state index contributed by atoms with van der Waals surface area (Å²) in [5, 5.41) is 7.30. The number of nitrogens with zero attached hydrogens (tertiary/aromatic N) is 1. The Morgan fingerprint density at radius 2 is 1.67 bits per heavy atom. The molecule has 0 fully saturated rings. The molecule has 6 heteroatoms. The van der Waals surface area contributed by atoms with Crippen LogP contribution in [0.3, 0.4) is 0 Å². The summed E-state index contributed by atoms with van der Waals surface area (Å²) >= 11 is 5.95. The standard InChI is InChI=1S/C18H16ClFN2O2/c1-10-6-16(22-21-10)13-9-18(24-3)17(23-2)8-12(13)11-4-5-15(20)14(19)7-11/h4-9H,1-3H3,(H,21,22). The van der Waals surface area contributed by atoms with E-state index in [0.717, 1.165) is 28.1 Å². The van der Waals surface area contributed by atoms with Crippen LogP contribution in [0.2, 0.25) is 5.02 Å². The third-order valence-corrected chi connectivity index (χ3v) is 4.03. The Kier molecular flexibility index (Phi) is 4.44. The topological polar surface area (TPSA) is 47.1 Å². The number of ether oxygens (including phenoxy) is 2. The fraction of sp³-hybridized carbons (Fsp3) is 0.167. The van der Waals surface area contributed by atoms with Gasteiger partial charge in [0.1, 0.15) is 5.82 Å². The number of nitrogens with one attached hydrogen (secondary N) is 1. The van der Waals surface area contributed by atoms with Crippen LogP contribution in [-0.4, -0.2) is 24.4 Å². The molecular formula is C18H16ClFN2O2. The summed E-state index contributed by atoms with van der Waals surface area (Å²) in [6, 6.07) is 10.2. The Morgan fingerprint density at radius 3 is 2.21 bits per heavy atom. The average molecular weight is 347 g/mol. The van der Waals surface area contributed by atoms with Gasteiger partial charge in [0.2, 0.25) is 0 Å². The van der Waals surface area contributed by atoms with Gasteiger partial charge in [-0.3, -0.25) is 5.10 Å². The fourth-order valence-electron chi connectivity index (χ4n) is 2.55. The lowest BCUT2D eigenvalue weighted by Gasteiger charge is -2.14. The monoisotopic (exact) mass is 346 g/mol. The van der Waals surface area contributed by atoms with E-state index >= 15 is 0 Å². The zero-order valence-corrected chi connectivity index (χ0v) is 14.2. The van der Waals surface area contributed by atoms with Crippen molar-refractivity contribution in [3.8, 4) is 33.9 Å². The van der Waals surface area contributed by atoms with E-state index in [1.54, 1.807) is 26.4 Å². The van der Waals surface area contributed by atoms with Crippen molar-refractivity contribution in [2.75, 3.05) is 14.2 Å². The van der Waals surface area contributed by atoms with Crippen LogP contribution >= 0.6 is 11.6 Å². The molecule has 0 amide bonds. The summed E-state index contributed by atoms with van der Waals surface area (Å²) in [6.45, 7) is 1.92. The predicted octanol–water partition coefficient (Wildman–Crippen LogP) is 4.86. The molecule has 124 valence electrons. The molecule has 2 aromatic carbocycles. The zero-order valence-electron chi connectivity index (χ0n) is 13.5. The number of hydrogen-bond acceptors (Lipinski definition) is 3. The maximum atomic E-state index is 13.5. The highest BCUT2D eigenvalue weighted by molar-refractivity contribution is 6.31. The van der Waals surface area contributed by atoms with E-state index in [0.29, 0.717) is 11.5 Å². The van der Waals surface area contributed by atoms with Crippen molar-refractivity contribution in [1.82, 2.24) is 10.2 Å². The first-order valence-electron chi connectivity index (χ1n) is 7.27. The number of hydrogen-bond donors (Lipinski definition) is 1. The van der Waals surface area contributed by atoms with Crippen molar-refractivity contribution < 1.29 is 13.9 Å². The van der Waals surface area contributed by atoms with Crippen molar-refractivity contribution >= 4 is 11.6 Å². The normalized spacial score (nSPS) is 10.7. The van der Waals surface area contributed by atoms with Crippen LogP contribution in [0.25, 0.3) is 22.4 Å². The van der Waals surface area contributed by atoms with Gasteiger partial charge in [0.25, 0.3) is 0 Å². The van der Waals surface area contributed by atoms with Gasteiger partial charge in [-0.1, -0.05) is 17.7 Å². The first kappa shape index (κ1) is 16.3. The third kappa shape index (κ3) is 2.95. The molecule has 3 rings (SSSR count). The van der Waals surface area contributed by atoms with Gasteiger partial charge in [0.15, 0.2) is 11.5 Å². The molecule has 0 aliphatic rings. The maximum absolute atomic E-state index is 13.5. The molecule has 4 nitrogen and oxygen atoms in total. The molecule has 1 aromatic heterocycles. The third-order valence-electron chi connectivity index (χ3n) is 3.74. The molecule has 0 aliphatic heterocycles. The van der Waals surface area contributed by atoms with Crippen molar-refractivity contribution in [3.63, 3.8) is 0 Å². The van der Waals surface area contributed by atoms with Crippen molar-refractivity contribution in [2.24, 2.45) is 0 Å². The SMILES string of the molecule is COc1cc(-c2ccc(F)c(Cl)c2)c(-c2cc(C)[nH]n2)cc1OC. The van der Waals surface area contributed by atoms with Gasteiger partial charge in [-0.25, -0.2) is 4.39 Å². The lowest BCUT2D eigenvalue weighted by atomic mass is 9.96. The molecule has 0 spiro atoms. The van der Waals surface area contributed by atoms with Crippen molar-refractivity contribution in [1.29, 1.82) is 0 Å². The van der Waals surface area contributed by atoms with Gasteiger partial charge < -0.3 is 9.47 Å². The van der Waals surface area contributed by atoms with Gasteiger partial charge in [-0.2, -0.15) is 5.10 Å². The van der Waals surface area contributed by atoms with Crippen LogP contribution in [0, 0.1) is 12.7 Å². The number of aryl methyl sites for hydroxylation is 1. The summed E-state index contributed by atoms with van der Waals surface area (Å²) in [5.74, 6) is 0.701. The molecule has 1 heterocycles. The molecule has 1 N–H and O–H groups in total. The van der Waals surface area contributed by atoms with Gasteiger partial charge >= 0.3 is 0 Å². The first-order valence-corrected chi connectivity index (χ1v) is 7.65. The van der Waals surface area contributed by atoms with E-state index in [1.807, 2.05) is 25.1 Å². The fourth-order valence-corrected chi connectivity index (χ4v) is 2.73. The molecular weight excluding hydrogens is 331 g/mol. The molecule has 3 aromatic rings. The van der Waals surface area contributed by atoms with E-state index < -0.39 is 5.82 Å². The highest BCUT2D eigenvalue weighted by Gasteiger charge is 2.17. The summed E-state index contributed by atoms with van der Waals surface area (Å²) in [5.41, 5.74) is 4.10. The van der Waals surface area contributed by atoms with E-state index in [1.165, 1.54) is 6.07 Å². The quantitative estimate of drug-likeness (QED) is 0.733. The Balaban J connectivity index is 2.27. The lowest BCUT2D eigenvalue weighted by molar-refractivity contribution is 0.355. The summed E-state index contributed by atoms with van der Waals surface area (Å²) < 4.78 is 24.3. The number of aromatic amines is 1. The molecule has 0 saturated carbocycles. The number of benzene rings is 2. The minimum atomic E-state index is -0.460. The molecule has 0 bridgehead atoms. The summed E-state index contributed by atoms with van der Waals surface area (Å²) in [7, 11) is 3.14. The van der Waals surface area contributed by atoms with Crippen LogP contribution in [0.5, 0.6) is 11.5 Å². The van der Waals surface area contributed by atoms with Gasteiger partial charge in [-0.05, 0) is 48.4 Å². The number of methoxy groups -OCH3 is 2. The molecule has 0 aliphatic carbocycles. The minimum absolute atomic E-state index is 0.0615. The molecule has 0 unspecified atom stereocenters. The van der Waals surface area contributed by atoms with E-state index in [9.17, 15) is 4.39 Å². The number of H-pyrrole nitrogens is 1. The number of aromatic nitrogens is 2. The van der Waals surface area contributed by atoms with E-state index in [2.05, 4.69) is 10.2 Å². The second kappa shape index (κ2) is 6.53. The Hall–Kier alpha value is -2.53. The zero-order chi connectivity index (χ0) is 17.3. The van der Waals surface area contributed by atoms with Gasteiger partial charge in [0, 0.05) is 11.3 Å². The molecule has 24 heavy (non-hydrogen) atoms. The van der Waals surface area contributed by atoms with E-state index in [4.69, 9.17) is 21.1 Å². The van der Waals surface area contributed by atoms with Crippen LogP contribution in [-0.2, 0) is 0 Å². The van der Waals surface area contributed by atoms with E-state index in [-0.39, 0.29) is 5.02 Å². The molecule has 0 radical (unpaired) electrons. The second-order valence-corrected chi connectivity index (χ2v) is 5.73. The van der Waals surface area contributed by atoms with Crippen LogP contribution in [0.1, 0.15) is 5.69 Å². The molecule has 0 atom stereocenters. The smallest absolute Gasteiger partial charge is 0.161 e. The largest absolute Gasteiger partial charge is 0.493 e. The predicted molar refractivity (Wildman–Crippen MR) is 92.3 cm³/mol.